The highest BCUT2D eigenvalue weighted by Crippen LogP contribution is 2.31. The van der Waals surface area contributed by atoms with Crippen LogP contribution in [0.4, 0.5) is 11.4 Å². The number of nitrogens with one attached hydrogen (secondary N) is 2. The number of thiophene rings is 1. The molecule has 0 atom stereocenters. The van der Waals surface area contributed by atoms with Crippen molar-refractivity contribution in [2.45, 2.75) is 55.3 Å². The molecule has 0 bridgehead atoms. The van der Waals surface area contributed by atoms with Gasteiger partial charge in [0.2, 0.25) is 0 Å². The van der Waals surface area contributed by atoms with Crippen LogP contribution >= 0.6 is 11.3 Å². The monoisotopic (exact) mass is 554 g/mol. The van der Waals surface area contributed by atoms with Crippen LogP contribution < -0.4 is 10.6 Å². The number of piperidine rings is 1. The molecule has 2 heterocycles. The molecule has 11 heteroatoms. The topological polar surface area (TPSA) is 122 Å². The molecule has 1 saturated heterocycles. The largest absolute Gasteiger partial charge is 0.382 e. The summed E-state index contributed by atoms with van der Waals surface area (Å²) < 4.78 is 28.4. The average Bonchev–Trinajstić information content (AvgIpc) is 3.42. The second-order valence-corrected chi connectivity index (χ2v) is 13.0. The zero-order valence-corrected chi connectivity index (χ0v) is 22.5. The van der Waals surface area contributed by atoms with Gasteiger partial charge in [-0.3, -0.25) is 14.9 Å². The Kier molecular flexibility index (Phi) is 7.78. The Hall–Kier alpha value is -3.28. The molecule has 0 radical (unpaired) electrons. The van der Waals surface area contributed by atoms with Gasteiger partial charge in [-0.2, -0.15) is 4.31 Å². The molecule has 1 amide bonds. The lowest BCUT2D eigenvalue weighted by molar-refractivity contribution is -0.384. The Morgan fingerprint density at radius 3 is 2.61 bits per heavy atom. The van der Waals surface area contributed by atoms with Gasteiger partial charge in [0.25, 0.3) is 21.6 Å². The van der Waals surface area contributed by atoms with Crippen LogP contribution in [0.5, 0.6) is 0 Å². The van der Waals surface area contributed by atoms with Gasteiger partial charge in [0, 0.05) is 47.4 Å². The van der Waals surface area contributed by atoms with Gasteiger partial charge in [-0.25, -0.2) is 8.42 Å². The SMILES string of the molecule is O=C(NCc1ccc(S(=O)(=O)N2CCC(Nc3cccc4c3CCCC4)CC2)s1)c1cccc([N+](=O)[O-])c1. The second kappa shape index (κ2) is 11.2. The number of carbonyl (C=O) groups excluding carboxylic acids is 1. The summed E-state index contributed by atoms with van der Waals surface area (Å²) in [6, 6.07) is 15.4. The minimum absolute atomic E-state index is 0.134. The summed E-state index contributed by atoms with van der Waals surface area (Å²) in [5.74, 6) is -0.458. The van der Waals surface area contributed by atoms with E-state index in [9.17, 15) is 23.3 Å². The van der Waals surface area contributed by atoms with Crippen LogP contribution in [0.1, 0.15) is 52.0 Å². The number of nitro benzene ring substituents is 1. The molecule has 1 fully saturated rings. The molecule has 3 aromatic rings. The van der Waals surface area contributed by atoms with Crippen molar-refractivity contribution in [1.82, 2.24) is 9.62 Å². The first-order valence-corrected chi connectivity index (χ1v) is 15.1. The fourth-order valence-electron chi connectivity index (χ4n) is 5.13. The number of sulfonamides is 1. The van der Waals surface area contributed by atoms with Gasteiger partial charge in [0.1, 0.15) is 4.21 Å². The summed E-state index contributed by atoms with van der Waals surface area (Å²) in [6.45, 7) is 1.03. The Morgan fingerprint density at radius 2 is 1.82 bits per heavy atom. The van der Waals surface area contributed by atoms with E-state index in [4.69, 9.17) is 0 Å². The van der Waals surface area contributed by atoms with E-state index < -0.39 is 20.9 Å². The van der Waals surface area contributed by atoms with Gasteiger partial charge in [-0.15, -0.1) is 11.3 Å². The molecule has 2 aliphatic rings. The quantitative estimate of drug-likeness (QED) is 0.307. The summed E-state index contributed by atoms with van der Waals surface area (Å²) in [5.41, 5.74) is 4.05. The molecule has 1 aliphatic carbocycles. The first-order valence-electron chi connectivity index (χ1n) is 12.8. The number of hydrogen-bond acceptors (Lipinski definition) is 7. The molecule has 1 aliphatic heterocycles. The van der Waals surface area contributed by atoms with Crippen molar-refractivity contribution in [3.8, 4) is 0 Å². The van der Waals surface area contributed by atoms with Gasteiger partial charge < -0.3 is 10.6 Å². The smallest absolute Gasteiger partial charge is 0.270 e. The Morgan fingerprint density at radius 1 is 1.05 bits per heavy atom. The molecule has 38 heavy (non-hydrogen) atoms. The fourth-order valence-corrected chi connectivity index (χ4v) is 8.05. The minimum atomic E-state index is -3.62. The van der Waals surface area contributed by atoms with Gasteiger partial charge in [-0.05, 0) is 73.9 Å². The number of amides is 1. The number of rotatable bonds is 8. The van der Waals surface area contributed by atoms with E-state index in [1.54, 1.807) is 16.4 Å². The van der Waals surface area contributed by atoms with Crippen LogP contribution in [-0.4, -0.2) is 42.7 Å². The molecule has 0 spiro atoms. The van der Waals surface area contributed by atoms with E-state index >= 15 is 0 Å². The van der Waals surface area contributed by atoms with E-state index in [1.165, 1.54) is 53.9 Å². The highest BCUT2D eigenvalue weighted by Gasteiger charge is 2.31. The number of aryl methyl sites for hydroxylation is 1. The van der Waals surface area contributed by atoms with Crippen LogP contribution in [-0.2, 0) is 29.4 Å². The number of anilines is 1. The van der Waals surface area contributed by atoms with Gasteiger partial charge in [0.15, 0.2) is 0 Å². The van der Waals surface area contributed by atoms with Crippen LogP contribution in [0.25, 0.3) is 0 Å². The Balaban J connectivity index is 1.16. The molecule has 9 nitrogen and oxygen atoms in total. The van der Waals surface area contributed by atoms with E-state index in [0.29, 0.717) is 18.0 Å². The number of fused-ring (bicyclic) bond motifs is 1. The molecule has 0 unspecified atom stereocenters. The van der Waals surface area contributed by atoms with Crippen molar-refractivity contribution in [3.63, 3.8) is 0 Å². The third kappa shape index (κ3) is 5.74. The molecule has 5 rings (SSSR count). The summed E-state index contributed by atoms with van der Waals surface area (Å²) in [6.07, 6.45) is 6.15. The highest BCUT2D eigenvalue weighted by molar-refractivity contribution is 7.91. The second-order valence-electron chi connectivity index (χ2n) is 9.68. The lowest BCUT2D eigenvalue weighted by Crippen LogP contribution is -2.42. The predicted octanol–water partition coefficient (Wildman–Crippen LogP) is 4.73. The van der Waals surface area contributed by atoms with E-state index in [1.807, 2.05) is 0 Å². The Bertz CT molecular complexity index is 1450. The molecule has 1 aromatic heterocycles. The van der Waals surface area contributed by atoms with Crippen molar-refractivity contribution >= 4 is 38.6 Å². The van der Waals surface area contributed by atoms with Crippen LogP contribution in [0.3, 0.4) is 0 Å². The van der Waals surface area contributed by atoms with Gasteiger partial charge >= 0.3 is 0 Å². The number of benzene rings is 2. The van der Waals surface area contributed by atoms with Crippen molar-refractivity contribution in [1.29, 1.82) is 0 Å². The number of carbonyl (C=O) groups is 1. The lowest BCUT2D eigenvalue weighted by Gasteiger charge is -2.32. The predicted molar refractivity (Wildman–Crippen MR) is 147 cm³/mol. The molecule has 200 valence electrons. The third-order valence-corrected chi connectivity index (χ3v) is 10.6. The number of hydrogen-bond donors (Lipinski definition) is 2. The standard InChI is InChI=1S/C27H30N4O5S2/c32-27(20-7-3-8-22(17-20)31(33)34)28-18-23-11-12-26(37-23)38(35,36)30-15-13-21(14-16-30)29-25-10-4-6-19-5-1-2-9-24(19)25/h3-4,6-8,10-12,17,21,29H,1-2,5,9,13-16,18H2,(H,28,32). The maximum Gasteiger partial charge on any atom is 0.270 e. The van der Waals surface area contributed by atoms with Gasteiger partial charge in [-0.1, -0.05) is 18.2 Å². The van der Waals surface area contributed by atoms with Crippen molar-refractivity contribution in [3.05, 3.63) is 86.3 Å². The van der Waals surface area contributed by atoms with Crippen molar-refractivity contribution < 1.29 is 18.1 Å². The first kappa shape index (κ1) is 26.3. The lowest BCUT2D eigenvalue weighted by atomic mass is 9.90. The normalized spacial score (nSPS) is 16.5. The Labute approximate surface area is 226 Å². The number of nitro groups is 1. The molecule has 2 N–H and O–H groups in total. The van der Waals surface area contributed by atoms with E-state index in [2.05, 4.69) is 28.8 Å². The van der Waals surface area contributed by atoms with E-state index in [0.717, 1.165) is 37.0 Å². The van der Waals surface area contributed by atoms with Crippen molar-refractivity contribution in [2.24, 2.45) is 0 Å². The summed E-state index contributed by atoms with van der Waals surface area (Å²) in [5, 5.41) is 17.3. The van der Waals surface area contributed by atoms with Crippen LogP contribution in [0.2, 0.25) is 0 Å². The van der Waals surface area contributed by atoms with E-state index in [-0.39, 0.29) is 28.0 Å². The summed E-state index contributed by atoms with van der Waals surface area (Å²) in [4.78, 5) is 23.5. The van der Waals surface area contributed by atoms with Crippen LogP contribution in [0.15, 0.2) is 58.8 Å². The maximum atomic E-state index is 13.3. The molecule has 2 aromatic carbocycles. The van der Waals surface area contributed by atoms with Crippen molar-refractivity contribution in [2.75, 3.05) is 18.4 Å². The zero-order chi connectivity index (χ0) is 26.7. The maximum absolute atomic E-state index is 13.3. The third-order valence-electron chi connectivity index (χ3n) is 7.18. The minimum Gasteiger partial charge on any atom is -0.382 e. The fraction of sp³-hybridized carbons (Fsp3) is 0.370. The molecular weight excluding hydrogens is 524 g/mol. The summed E-state index contributed by atoms with van der Waals surface area (Å²) in [7, 11) is -3.62. The molecular formula is C27H30N4O5S2. The highest BCUT2D eigenvalue weighted by atomic mass is 32.2. The first-order chi connectivity index (χ1) is 18.3. The molecule has 0 saturated carbocycles. The van der Waals surface area contributed by atoms with Gasteiger partial charge in [0.05, 0.1) is 11.5 Å². The van der Waals surface area contributed by atoms with Crippen LogP contribution in [0, 0.1) is 10.1 Å². The zero-order valence-electron chi connectivity index (χ0n) is 20.9. The average molecular weight is 555 g/mol. The number of nitrogens with zero attached hydrogens (tertiary/aromatic N) is 2. The summed E-state index contributed by atoms with van der Waals surface area (Å²) >= 11 is 1.13. The number of non-ortho nitro benzene ring substituents is 1.